The highest BCUT2D eigenvalue weighted by molar-refractivity contribution is 6.21. The number of fused-ring (bicyclic) bond motifs is 13. The van der Waals surface area contributed by atoms with E-state index in [-0.39, 0.29) is 6.04 Å². The first-order valence-corrected chi connectivity index (χ1v) is 17.2. The van der Waals surface area contributed by atoms with Gasteiger partial charge < -0.3 is 9.13 Å². The van der Waals surface area contributed by atoms with E-state index in [1.54, 1.807) is 0 Å². The van der Waals surface area contributed by atoms with Crippen LogP contribution in [0.5, 0.6) is 0 Å². The quantitative estimate of drug-likeness (QED) is 0.185. The predicted molar refractivity (Wildman–Crippen MR) is 201 cm³/mol. The Morgan fingerprint density at radius 2 is 1.37 bits per heavy atom. The zero-order valence-corrected chi connectivity index (χ0v) is 26.6. The molecule has 5 heterocycles. The second-order valence-electron chi connectivity index (χ2n) is 13.7. The van der Waals surface area contributed by atoms with E-state index in [9.17, 15) is 0 Å². The average Bonchev–Trinajstić information content (AvgIpc) is 3.87. The summed E-state index contributed by atoms with van der Waals surface area (Å²) in [6.45, 7) is 0. The Morgan fingerprint density at radius 1 is 0.571 bits per heavy atom. The Morgan fingerprint density at radius 3 is 2.33 bits per heavy atom. The Hall–Kier alpha value is -6.17. The minimum absolute atomic E-state index is 0.166. The number of nitrogens with two attached hydrogens (primary N) is 1. The predicted octanol–water partition coefficient (Wildman–Crippen LogP) is 9.64. The molecule has 2 aliphatic heterocycles. The topological polar surface area (TPSA) is 43.8 Å². The van der Waals surface area contributed by atoms with Gasteiger partial charge in [-0.3, -0.25) is 9.88 Å². The van der Waals surface area contributed by atoms with E-state index >= 15 is 0 Å². The molecule has 0 amide bonds. The number of allylic oxidation sites excluding steroid dienone is 1. The lowest BCUT2D eigenvalue weighted by atomic mass is 10.0. The molecule has 1 aliphatic carbocycles. The average molecular weight is 629 g/mol. The van der Waals surface area contributed by atoms with Gasteiger partial charge in [0.2, 0.25) is 0 Å². The normalized spacial score (nSPS) is 16.2. The zero-order valence-electron chi connectivity index (χ0n) is 26.6. The van der Waals surface area contributed by atoms with Crippen molar-refractivity contribution in [2.75, 3.05) is 0 Å². The maximum atomic E-state index is 5.25. The van der Waals surface area contributed by atoms with Crippen molar-refractivity contribution in [2.24, 2.45) is 4.99 Å². The van der Waals surface area contributed by atoms with Crippen molar-refractivity contribution < 1.29 is 5.32 Å². The highest BCUT2D eigenvalue weighted by Crippen LogP contribution is 2.44. The molecule has 1 unspecified atom stereocenters. The number of hydrogen-bond acceptors (Lipinski definition) is 1. The second kappa shape index (κ2) is 9.25. The maximum Gasteiger partial charge on any atom is 0.178 e. The molecule has 49 heavy (non-hydrogen) atoms. The van der Waals surface area contributed by atoms with Gasteiger partial charge in [0.05, 0.1) is 27.6 Å². The molecular formula is C44H30N5+. The summed E-state index contributed by atoms with van der Waals surface area (Å²) >= 11 is 0. The number of para-hydroxylation sites is 5. The molecule has 6 aromatic carbocycles. The minimum Gasteiger partial charge on any atom is -0.313 e. The Labute approximate surface area is 281 Å². The minimum atomic E-state index is 0.166. The summed E-state index contributed by atoms with van der Waals surface area (Å²) in [5.41, 5.74) is 14.9. The monoisotopic (exact) mass is 628 g/mol. The van der Waals surface area contributed by atoms with Gasteiger partial charge in [-0.15, -0.1) is 0 Å². The molecule has 0 fully saturated rings. The first-order valence-electron chi connectivity index (χ1n) is 17.2. The summed E-state index contributed by atoms with van der Waals surface area (Å²) in [4.78, 5) is 5.25. The molecule has 0 spiro atoms. The molecule has 9 aromatic rings. The number of quaternary nitrogens is 1. The molecule has 0 saturated heterocycles. The van der Waals surface area contributed by atoms with Crippen LogP contribution in [-0.2, 0) is 6.42 Å². The first kappa shape index (κ1) is 25.9. The standard InChI is InChI=1S/C44H29N5/c1-2-11-26(12-3-1)47-37-19-8-4-13-28(37)33-24-34-29-14-5-9-20-38(29)48(41(34)25-40(33)47)27-21-22-39-32(23-27)30-15-10-16-31-42-44(49(39)43(30)31)46-36-18-7-6-17-35(36)45-42/h1-7,9-18,20-25,42,45H,8,19H2/p+1. The Balaban J connectivity index is 1.15. The van der Waals surface area contributed by atoms with Crippen LogP contribution in [0.3, 0.4) is 0 Å². The molecule has 2 N–H and O–H groups in total. The smallest absolute Gasteiger partial charge is 0.178 e. The van der Waals surface area contributed by atoms with Crippen molar-refractivity contribution in [3.8, 4) is 11.4 Å². The van der Waals surface area contributed by atoms with Crippen LogP contribution in [0.1, 0.15) is 29.3 Å². The number of nitrogens with zero attached hydrogens (tertiary/aromatic N) is 4. The highest BCUT2D eigenvalue weighted by atomic mass is 15.2. The van der Waals surface area contributed by atoms with Crippen LogP contribution in [0.15, 0.2) is 138 Å². The van der Waals surface area contributed by atoms with E-state index < -0.39 is 0 Å². The fourth-order valence-corrected chi connectivity index (χ4v) is 9.14. The van der Waals surface area contributed by atoms with E-state index in [0.29, 0.717) is 0 Å². The van der Waals surface area contributed by atoms with Gasteiger partial charge in [0, 0.05) is 61.2 Å². The molecular weight excluding hydrogens is 599 g/mol. The molecule has 230 valence electrons. The molecule has 5 heteroatoms. The van der Waals surface area contributed by atoms with Gasteiger partial charge in [0.15, 0.2) is 17.6 Å². The third-order valence-electron chi connectivity index (χ3n) is 11.2. The van der Waals surface area contributed by atoms with Crippen LogP contribution in [0.4, 0.5) is 11.4 Å². The lowest BCUT2D eigenvalue weighted by Crippen LogP contribution is -2.81. The van der Waals surface area contributed by atoms with E-state index in [0.717, 1.165) is 24.4 Å². The van der Waals surface area contributed by atoms with Crippen molar-refractivity contribution in [1.82, 2.24) is 13.7 Å². The SMILES string of the molecule is C1=Cc2c(n(-c3ccccc3)c3cc4c(cc23)c2ccccc2n4-c2ccc3c(c2)c2cccc4c2n3C2=Nc3ccccc3[NH2+]C24)CC1. The molecule has 0 saturated carbocycles. The zero-order chi connectivity index (χ0) is 31.8. The molecule has 0 radical (unpaired) electrons. The molecule has 5 nitrogen and oxygen atoms in total. The van der Waals surface area contributed by atoms with Crippen LogP contribution >= 0.6 is 0 Å². The van der Waals surface area contributed by atoms with E-state index in [1.807, 2.05) is 0 Å². The third kappa shape index (κ3) is 3.30. The molecule has 0 bridgehead atoms. The van der Waals surface area contributed by atoms with Gasteiger partial charge in [-0.25, -0.2) is 4.99 Å². The fourth-order valence-electron chi connectivity index (χ4n) is 9.14. The third-order valence-corrected chi connectivity index (χ3v) is 11.2. The van der Waals surface area contributed by atoms with Crippen LogP contribution in [-0.4, -0.2) is 19.5 Å². The number of benzene rings is 6. The first-order chi connectivity index (χ1) is 24.3. The molecule has 3 aromatic heterocycles. The lowest BCUT2D eigenvalue weighted by Gasteiger charge is -2.19. The van der Waals surface area contributed by atoms with Crippen LogP contribution in [0.2, 0.25) is 0 Å². The van der Waals surface area contributed by atoms with E-state index in [2.05, 4.69) is 159 Å². The van der Waals surface area contributed by atoms with Gasteiger partial charge in [-0.1, -0.05) is 78.9 Å². The van der Waals surface area contributed by atoms with Gasteiger partial charge in [0.1, 0.15) is 5.69 Å². The number of rotatable bonds is 2. The van der Waals surface area contributed by atoms with Crippen molar-refractivity contribution in [3.05, 3.63) is 150 Å². The number of hydrogen-bond donors (Lipinski definition) is 1. The van der Waals surface area contributed by atoms with Gasteiger partial charge in [-0.2, -0.15) is 0 Å². The molecule has 12 rings (SSSR count). The fraction of sp³-hybridized carbons (Fsp3) is 0.0682. The Bertz CT molecular complexity index is 2970. The van der Waals surface area contributed by atoms with E-state index in [1.165, 1.54) is 88.4 Å². The summed E-state index contributed by atoms with van der Waals surface area (Å²) in [6.07, 6.45) is 6.77. The maximum absolute atomic E-state index is 5.25. The summed E-state index contributed by atoms with van der Waals surface area (Å²) in [7, 11) is 0. The van der Waals surface area contributed by atoms with Crippen LogP contribution < -0.4 is 5.32 Å². The summed E-state index contributed by atoms with van der Waals surface area (Å²) in [5, 5.41) is 8.81. The van der Waals surface area contributed by atoms with Crippen LogP contribution in [0.25, 0.3) is 72.0 Å². The molecule has 1 atom stereocenters. The highest BCUT2D eigenvalue weighted by Gasteiger charge is 2.39. The van der Waals surface area contributed by atoms with Gasteiger partial charge in [-0.05, 0) is 67.4 Å². The largest absolute Gasteiger partial charge is 0.313 e. The van der Waals surface area contributed by atoms with Crippen molar-refractivity contribution in [3.63, 3.8) is 0 Å². The van der Waals surface area contributed by atoms with Crippen molar-refractivity contribution in [2.45, 2.75) is 18.9 Å². The number of aromatic nitrogens is 3. The van der Waals surface area contributed by atoms with Gasteiger partial charge >= 0.3 is 0 Å². The van der Waals surface area contributed by atoms with Crippen LogP contribution in [0, 0.1) is 0 Å². The molecule has 3 aliphatic rings. The van der Waals surface area contributed by atoms with Gasteiger partial charge in [0.25, 0.3) is 0 Å². The summed E-state index contributed by atoms with van der Waals surface area (Å²) in [6, 6.07) is 47.1. The van der Waals surface area contributed by atoms with E-state index in [4.69, 9.17) is 4.99 Å². The van der Waals surface area contributed by atoms with Crippen molar-refractivity contribution >= 4 is 77.8 Å². The number of aliphatic imine (C=N–C) groups is 1. The van der Waals surface area contributed by atoms with Crippen molar-refractivity contribution in [1.29, 1.82) is 0 Å². The lowest BCUT2D eigenvalue weighted by molar-refractivity contribution is -0.599. The Kier molecular flexibility index (Phi) is 4.88. The summed E-state index contributed by atoms with van der Waals surface area (Å²) < 4.78 is 7.39. The summed E-state index contributed by atoms with van der Waals surface area (Å²) in [5.74, 6) is 1.10. The second-order valence-corrected chi connectivity index (χ2v) is 13.7.